The van der Waals surface area contributed by atoms with E-state index in [1.54, 1.807) is 6.07 Å². The molecule has 1 saturated carbocycles. The van der Waals surface area contributed by atoms with Crippen LogP contribution in [0.4, 0.5) is 5.82 Å². The number of hydrogen-bond acceptors (Lipinski definition) is 4. The number of nitrogens with zero attached hydrogens (tertiary/aromatic N) is 3. The van der Waals surface area contributed by atoms with E-state index in [9.17, 15) is 4.79 Å². The maximum absolute atomic E-state index is 12.1. The molecule has 0 aliphatic heterocycles. The second-order valence-electron chi connectivity index (χ2n) is 5.51. The summed E-state index contributed by atoms with van der Waals surface area (Å²) in [6, 6.07) is 3.81. The Bertz CT molecular complexity index is 430. The highest BCUT2D eigenvalue weighted by atomic mass is 16.2. The first-order valence-corrected chi connectivity index (χ1v) is 6.90. The van der Waals surface area contributed by atoms with E-state index in [0.717, 1.165) is 12.2 Å². The van der Waals surface area contributed by atoms with Crippen molar-refractivity contribution in [3.05, 3.63) is 17.8 Å². The van der Waals surface area contributed by atoms with Gasteiger partial charge in [0, 0.05) is 20.1 Å². The Morgan fingerprint density at radius 3 is 2.58 bits per heavy atom. The van der Waals surface area contributed by atoms with Crippen molar-refractivity contribution in [2.45, 2.75) is 38.6 Å². The van der Waals surface area contributed by atoms with Crippen molar-refractivity contribution in [2.75, 3.05) is 19.0 Å². The first-order valence-electron chi connectivity index (χ1n) is 6.90. The van der Waals surface area contributed by atoms with Crippen LogP contribution in [0.3, 0.4) is 0 Å². The summed E-state index contributed by atoms with van der Waals surface area (Å²) in [5.41, 5.74) is 0.392. The molecule has 0 bridgehead atoms. The lowest BCUT2D eigenvalue weighted by atomic mass is 9.86. The third kappa shape index (κ3) is 3.43. The topological polar surface area (TPSA) is 58.1 Å². The van der Waals surface area contributed by atoms with E-state index in [1.165, 1.54) is 19.3 Å². The average Bonchev–Trinajstić information content (AvgIpc) is 2.41. The molecule has 1 N–H and O–H groups in total. The van der Waals surface area contributed by atoms with Crippen molar-refractivity contribution in [3.63, 3.8) is 0 Å². The fourth-order valence-electron chi connectivity index (χ4n) is 2.46. The molecule has 2 rings (SSSR count). The lowest BCUT2D eigenvalue weighted by Gasteiger charge is -2.29. The van der Waals surface area contributed by atoms with Crippen molar-refractivity contribution >= 4 is 11.7 Å². The van der Waals surface area contributed by atoms with E-state index in [-0.39, 0.29) is 11.9 Å². The molecule has 0 saturated heterocycles. The van der Waals surface area contributed by atoms with Crippen LogP contribution < -0.4 is 10.2 Å². The zero-order valence-corrected chi connectivity index (χ0v) is 11.9. The van der Waals surface area contributed by atoms with Crippen LogP contribution in [0.15, 0.2) is 12.1 Å². The van der Waals surface area contributed by atoms with E-state index in [1.807, 2.05) is 25.1 Å². The van der Waals surface area contributed by atoms with Gasteiger partial charge in [0.05, 0.1) is 0 Å². The smallest absolute Gasteiger partial charge is 0.272 e. The minimum absolute atomic E-state index is 0.114. The predicted octanol–water partition coefficient (Wildman–Crippen LogP) is 1.85. The number of rotatable bonds is 3. The average molecular weight is 262 g/mol. The van der Waals surface area contributed by atoms with Crippen LogP contribution in [0.5, 0.6) is 0 Å². The Balaban J connectivity index is 1.99. The van der Waals surface area contributed by atoms with E-state index in [4.69, 9.17) is 0 Å². The summed E-state index contributed by atoms with van der Waals surface area (Å²) in [6.45, 7) is 2.20. The van der Waals surface area contributed by atoms with Gasteiger partial charge in [-0.05, 0) is 30.9 Å². The molecular weight excluding hydrogens is 240 g/mol. The quantitative estimate of drug-likeness (QED) is 0.903. The molecule has 1 aliphatic carbocycles. The molecule has 2 atom stereocenters. The van der Waals surface area contributed by atoms with Gasteiger partial charge in [0.2, 0.25) is 0 Å². The van der Waals surface area contributed by atoms with Gasteiger partial charge in [0.25, 0.3) is 5.91 Å². The first-order chi connectivity index (χ1) is 9.08. The molecule has 1 fully saturated rings. The second-order valence-corrected chi connectivity index (χ2v) is 5.51. The molecule has 104 valence electrons. The third-order valence-electron chi connectivity index (χ3n) is 3.77. The number of carbonyl (C=O) groups is 1. The molecule has 1 heterocycles. The summed E-state index contributed by atoms with van der Waals surface area (Å²) < 4.78 is 0. The van der Waals surface area contributed by atoms with Gasteiger partial charge >= 0.3 is 0 Å². The number of anilines is 1. The standard InChI is InChI=1S/C14H22N4O/c1-10-6-4-5-7-11(10)15-14(19)12-8-9-13(17-16-12)18(2)3/h8-11H,4-7H2,1-3H3,(H,15,19)/t10-,11-/m1/s1. The van der Waals surface area contributed by atoms with Crippen molar-refractivity contribution in [2.24, 2.45) is 5.92 Å². The van der Waals surface area contributed by atoms with Gasteiger partial charge in [0.1, 0.15) is 0 Å². The van der Waals surface area contributed by atoms with E-state index >= 15 is 0 Å². The van der Waals surface area contributed by atoms with Crippen LogP contribution in [0.25, 0.3) is 0 Å². The minimum atomic E-state index is -0.114. The Morgan fingerprint density at radius 1 is 1.26 bits per heavy atom. The third-order valence-corrected chi connectivity index (χ3v) is 3.77. The Hall–Kier alpha value is -1.65. The molecule has 0 aromatic carbocycles. The van der Waals surface area contributed by atoms with Gasteiger partial charge in [-0.15, -0.1) is 10.2 Å². The number of carbonyl (C=O) groups excluding carboxylic acids is 1. The molecule has 1 aromatic rings. The number of amides is 1. The fourth-order valence-corrected chi connectivity index (χ4v) is 2.46. The summed E-state index contributed by atoms with van der Waals surface area (Å²) >= 11 is 0. The van der Waals surface area contributed by atoms with Crippen LogP contribution in [-0.2, 0) is 0 Å². The second kappa shape index (κ2) is 5.99. The summed E-state index contributed by atoms with van der Waals surface area (Å²) in [5.74, 6) is 1.19. The predicted molar refractivity (Wildman–Crippen MR) is 75.2 cm³/mol. The number of hydrogen-bond donors (Lipinski definition) is 1. The number of aromatic nitrogens is 2. The molecule has 1 aliphatic rings. The molecular formula is C14H22N4O. The first kappa shape index (κ1) is 13.8. The molecule has 0 radical (unpaired) electrons. The highest BCUT2D eigenvalue weighted by molar-refractivity contribution is 5.92. The van der Waals surface area contributed by atoms with E-state index in [2.05, 4.69) is 22.4 Å². The van der Waals surface area contributed by atoms with Crippen LogP contribution >= 0.6 is 0 Å². The SMILES string of the molecule is C[C@@H]1CCCC[C@H]1NC(=O)c1ccc(N(C)C)nn1. The van der Waals surface area contributed by atoms with Crippen LogP contribution in [0.1, 0.15) is 43.1 Å². The molecule has 5 nitrogen and oxygen atoms in total. The van der Waals surface area contributed by atoms with Gasteiger partial charge < -0.3 is 10.2 Å². The lowest BCUT2D eigenvalue weighted by Crippen LogP contribution is -2.41. The molecule has 19 heavy (non-hydrogen) atoms. The summed E-state index contributed by atoms with van der Waals surface area (Å²) in [6.07, 6.45) is 4.72. The largest absolute Gasteiger partial charge is 0.361 e. The zero-order chi connectivity index (χ0) is 13.8. The van der Waals surface area contributed by atoms with Crippen LogP contribution in [0, 0.1) is 5.92 Å². The molecule has 1 amide bonds. The maximum atomic E-state index is 12.1. The minimum Gasteiger partial charge on any atom is -0.361 e. The Labute approximate surface area is 114 Å². The van der Waals surface area contributed by atoms with Crippen molar-refractivity contribution in [1.82, 2.24) is 15.5 Å². The fraction of sp³-hybridized carbons (Fsp3) is 0.643. The zero-order valence-electron chi connectivity index (χ0n) is 11.9. The Kier molecular flexibility index (Phi) is 4.35. The van der Waals surface area contributed by atoms with Crippen LogP contribution in [0.2, 0.25) is 0 Å². The maximum Gasteiger partial charge on any atom is 0.272 e. The summed E-state index contributed by atoms with van der Waals surface area (Å²) in [7, 11) is 3.79. The van der Waals surface area contributed by atoms with Gasteiger partial charge in [-0.1, -0.05) is 19.8 Å². The summed E-state index contributed by atoms with van der Waals surface area (Å²) in [5, 5.41) is 11.1. The van der Waals surface area contributed by atoms with Crippen molar-refractivity contribution < 1.29 is 4.79 Å². The molecule has 1 aromatic heterocycles. The van der Waals surface area contributed by atoms with Gasteiger partial charge in [0.15, 0.2) is 11.5 Å². The lowest BCUT2D eigenvalue weighted by molar-refractivity contribution is 0.0904. The monoisotopic (exact) mass is 262 g/mol. The Morgan fingerprint density at radius 2 is 2.00 bits per heavy atom. The molecule has 0 unspecified atom stereocenters. The summed E-state index contributed by atoms with van der Waals surface area (Å²) in [4.78, 5) is 14.0. The normalized spacial score (nSPS) is 22.9. The van der Waals surface area contributed by atoms with Gasteiger partial charge in [-0.3, -0.25) is 4.79 Å². The van der Waals surface area contributed by atoms with E-state index < -0.39 is 0 Å². The van der Waals surface area contributed by atoms with E-state index in [0.29, 0.717) is 11.6 Å². The highest BCUT2D eigenvalue weighted by Crippen LogP contribution is 2.23. The van der Waals surface area contributed by atoms with Crippen molar-refractivity contribution in [1.29, 1.82) is 0 Å². The van der Waals surface area contributed by atoms with Gasteiger partial charge in [-0.2, -0.15) is 0 Å². The van der Waals surface area contributed by atoms with Crippen LogP contribution in [-0.4, -0.2) is 36.2 Å². The van der Waals surface area contributed by atoms with Gasteiger partial charge in [-0.25, -0.2) is 0 Å². The number of nitrogens with one attached hydrogen (secondary N) is 1. The molecule has 0 spiro atoms. The molecule has 5 heteroatoms. The highest BCUT2D eigenvalue weighted by Gasteiger charge is 2.23. The van der Waals surface area contributed by atoms with Crippen molar-refractivity contribution in [3.8, 4) is 0 Å².